The minimum absolute atomic E-state index is 0.0785. The molecule has 0 heterocycles. The highest BCUT2D eigenvalue weighted by Crippen LogP contribution is 2.24. The van der Waals surface area contributed by atoms with E-state index in [0.29, 0.717) is 0 Å². The SMILES string of the molecule is Nc1ccccc1NC(F)(F)F. The molecular weight excluding hydrogens is 169 g/mol. The first-order valence-corrected chi connectivity index (χ1v) is 3.18. The summed E-state index contributed by atoms with van der Waals surface area (Å²) in [6.45, 7) is 0. The maximum absolute atomic E-state index is 11.8. The maximum atomic E-state index is 11.8. The van der Waals surface area contributed by atoms with E-state index in [0.717, 1.165) is 0 Å². The van der Waals surface area contributed by atoms with Gasteiger partial charge in [-0.3, -0.25) is 5.32 Å². The van der Waals surface area contributed by atoms with Crippen LogP contribution in [0, 0.1) is 0 Å². The van der Waals surface area contributed by atoms with E-state index in [1.807, 2.05) is 0 Å². The van der Waals surface area contributed by atoms with Gasteiger partial charge in [0.25, 0.3) is 0 Å². The van der Waals surface area contributed by atoms with E-state index in [-0.39, 0.29) is 11.4 Å². The molecule has 1 rings (SSSR count). The molecule has 0 bridgehead atoms. The molecule has 0 radical (unpaired) electrons. The molecule has 0 spiro atoms. The van der Waals surface area contributed by atoms with E-state index in [4.69, 9.17) is 5.73 Å². The number of hydrogen-bond donors (Lipinski definition) is 2. The molecule has 0 aromatic heterocycles. The molecule has 2 nitrogen and oxygen atoms in total. The molecule has 1 aromatic carbocycles. The second-order valence-corrected chi connectivity index (χ2v) is 2.21. The molecule has 0 saturated heterocycles. The molecule has 1 aromatic rings. The molecule has 0 fully saturated rings. The van der Waals surface area contributed by atoms with Gasteiger partial charge in [-0.05, 0) is 12.1 Å². The third kappa shape index (κ3) is 2.34. The van der Waals surface area contributed by atoms with Crippen molar-refractivity contribution in [3.8, 4) is 0 Å². The number of halogens is 3. The predicted octanol–water partition coefficient (Wildman–Crippen LogP) is 2.20. The summed E-state index contributed by atoms with van der Waals surface area (Å²) in [5.41, 5.74) is 5.22. The molecule has 5 heteroatoms. The summed E-state index contributed by atoms with van der Waals surface area (Å²) in [6.07, 6.45) is -4.44. The van der Waals surface area contributed by atoms with E-state index in [1.165, 1.54) is 23.5 Å². The topological polar surface area (TPSA) is 38.0 Å². The number of nitrogens with one attached hydrogen (secondary N) is 1. The third-order valence-corrected chi connectivity index (χ3v) is 1.24. The van der Waals surface area contributed by atoms with Crippen LogP contribution in [0.4, 0.5) is 24.5 Å². The third-order valence-electron chi connectivity index (χ3n) is 1.24. The van der Waals surface area contributed by atoms with Crippen molar-refractivity contribution in [1.29, 1.82) is 0 Å². The van der Waals surface area contributed by atoms with Crippen LogP contribution in [0.3, 0.4) is 0 Å². The summed E-state index contributed by atoms with van der Waals surface area (Å²) >= 11 is 0. The van der Waals surface area contributed by atoms with E-state index >= 15 is 0 Å². The molecule has 0 aliphatic carbocycles. The Labute approximate surface area is 67.2 Å². The number of rotatable bonds is 1. The van der Waals surface area contributed by atoms with Gasteiger partial charge in [0.15, 0.2) is 0 Å². The Hall–Kier alpha value is -1.39. The summed E-state index contributed by atoms with van der Waals surface area (Å²) in [4.78, 5) is 0. The van der Waals surface area contributed by atoms with E-state index in [9.17, 15) is 13.2 Å². The second kappa shape index (κ2) is 2.92. The zero-order chi connectivity index (χ0) is 9.19. The Morgan fingerprint density at radius 2 is 1.75 bits per heavy atom. The van der Waals surface area contributed by atoms with Crippen molar-refractivity contribution in [2.24, 2.45) is 0 Å². The molecule has 0 saturated carbocycles. The summed E-state index contributed by atoms with van der Waals surface area (Å²) in [5.74, 6) is 0. The van der Waals surface area contributed by atoms with Gasteiger partial charge in [0.2, 0.25) is 0 Å². The minimum Gasteiger partial charge on any atom is -0.397 e. The monoisotopic (exact) mass is 176 g/mol. The van der Waals surface area contributed by atoms with Gasteiger partial charge in [0.05, 0.1) is 11.4 Å². The number of hydrogen-bond acceptors (Lipinski definition) is 2. The zero-order valence-corrected chi connectivity index (χ0v) is 6.02. The van der Waals surface area contributed by atoms with Gasteiger partial charge in [-0.2, -0.15) is 13.2 Å². The van der Waals surface area contributed by atoms with Crippen molar-refractivity contribution >= 4 is 11.4 Å². The fraction of sp³-hybridized carbons (Fsp3) is 0.143. The average molecular weight is 176 g/mol. The number of alkyl halides is 3. The standard InChI is InChI=1S/C7H7F3N2/c8-7(9,10)12-6-4-2-1-3-5(6)11/h1-4,12H,11H2. The van der Waals surface area contributed by atoms with Gasteiger partial charge < -0.3 is 5.73 Å². The first kappa shape index (κ1) is 8.70. The summed E-state index contributed by atoms with van der Waals surface area (Å²) in [7, 11) is 0. The number of anilines is 2. The first-order valence-electron chi connectivity index (χ1n) is 3.18. The molecule has 12 heavy (non-hydrogen) atoms. The van der Waals surface area contributed by atoms with Gasteiger partial charge in [-0.15, -0.1) is 0 Å². The van der Waals surface area contributed by atoms with Crippen LogP contribution in [-0.2, 0) is 0 Å². The number of para-hydroxylation sites is 2. The van der Waals surface area contributed by atoms with Crippen molar-refractivity contribution in [3.63, 3.8) is 0 Å². The number of nitrogens with two attached hydrogens (primary N) is 1. The van der Waals surface area contributed by atoms with Crippen molar-refractivity contribution < 1.29 is 13.2 Å². The molecule has 3 N–H and O–H groups in total. The van der Waals surface area contributed by atoms with Crippen LogP contribution in [0.5, 0.6) is 0 Å². The maximum Gasteiger partial charge on any atom is 0.482 e. The van der Waals surface area contributed by atoms with Crippen LogP contribution in [0.1, 0.15) is 0 Å². The van der Waals surface area contributed by atoms with Crippen LogP contribution in [0.25, 0.3) is 0 Å². The molecule has 0 atom stereocenters. The lowest BCUT2D eigenvalue weighted by Gasteiger charge is -2.11. The molecule has 0 unspecified atom stereocenters. The van der Waals surface area contributed by atoms with Crippen molar-refractivity contribution in [2.75, 3.05) is 11.1 Å². The average Bonchev–Trinajstić information content (AvgIpc) is 1.91. The van der Waals surface area contributed by atoms with Gasteiger partial charge >= 0.3 is 6.30 Å². The fourth-order valence-corrected chi connectivity index (χ4v) is 0.764. The summed E-state index contributed by atoms with van der Waals surface area (Å²) < 4.78 is 35.3. The highest BCUT2D eigenvalue weighted by molar-refractivity contribution is 5.65. The van der Waals surface area contributed by atoms with E-state index < -0.39 is 6.30 Å². The Morgan fingerprint density at radius 1 is 1.17 bits per heavy atom. The Morgan fingerprint density at radius 3 is 2.25 bits per heavy atom. The Balaban J connectivity index is 2.83. The van der Waals surface area contributed by atoms with Gasteiger partial charge in [0.1, 0.15) is 0 Å². The van der Waals surface area contributed by atoms with Gasteiger partial charge in [-0.1, -0.05) is 12.1 Å². The van der Waals surface area contributed by atoms with Gasteiger partial charge in [-0.25, -0.2) is 0 Å². The van der Waals surface area contributed by atoms with E-state index in [1.54, 1.807) is 6.07 Å². The molecular formula is C7H7F3N2. The molecule has 0 aliphatic rings. The second-order valence-electron chi connectivity index (χ2n) is 2.21. The van der Waals surface area contributed by atoms with E-state index in [2.05, 4.69) is 0 Å². The molecule has 0 amide bonds. The highest BCUT2D eigenvalue weighted by Gasteiger charge is 2.27. The lowest BCUT2D eigenvalue weighted by atomic mass is 10.3. The predicted molar refractivity (Wildman–Crippen MR) is 40.5 cm³/mol. The van der Waals surface area contributed by atoms with Gasteiger partial charge in [0, 0.05) is 0 Å². The Bertz CT molecular complexity index is 270. The fourth-order valence-electron chi connectivity index (χ4n) is 0.764. The van der Waals surface area contributed by atoms with Crippen molar-refractivity contribution in [2.45, 2.75) is 6.30 Å². The highest BCUT2D eigenvalue weighted by atomic mass is 19.4. The van der Waals surface area contributed by atoms with Crippen molar-refractivity contribution in [1.82, 2.24) is 0 Å². The summed E-state index contributed by atoms with van der Waals surface area (Å²) in [6, 6.07) is 5.71. The van der Waals surface area contributed by atoms with Crippen LogP contribution < -0.4 is 11.1 Å². The van der Waals surface area contributed by atoms with Crippen LogP contribution in [-0.4, -0.2) is 6.30 Å². The van der Waals surface area contributed by atoms with Crippen LogP contribution in [0.2, 0.25) is 0 Å². The lowest BCUT2D eigenvalue weighted by molar-refractivity contribution is -0.0998. The largest absolute Gasteiger partial charge is 0.482 e. The van der Waals surface area contributed by atoms with Crippen molar-refractivity contribution in [3.05, 3.63) is 24.3 Å². The number of benzene rings is 1. The molecule has 66 valence electrons. The van der Waals surface area contributed by atoms with Crippen LogP contribution in [0.15, 0.2) is 24.3 Å². The smallest absolute Gasteiger partial charge is 0.397 e. The quantitative estimate of drug-likeness (QED) is 0.508. The number of nitrogen functional groups attached to an aromatic ring is 1. The Kier molecular flexibility index (Phi) is 2.12. The first-order chi connectivity index (χ1) is 5.49. The minimum atomic E-state index is -4.44. The van der Waals surface area contributed by atoms with Crippen LogP contribution >= 0.6 is 0 Å². The normalized spacial score (nSPS) is 11.2. The zero-order valence-electron chi connectivity index (χ0n) is 6.02. The lowest BCUT2D eigenvalue weighted by Crippen LogP contribution is -2.21. The summed E-state index contributed by atoms with van der Waals surface area (Å²) in [5, 5.41) is 1.32. The molecule has 0 aliphatic heterocycles.